The van der Waals surface area contributed by atoms with Gasteiger partial charge in [-0.2, -0.15) is 0 Å². The number of carbonyl (C=O) groups excluding carboxylic acids is 3. The van der Waals surface area contributed by atoms with Crippen LogP contribution >= 0.6 is 0 Å². The predicted octanol–water partition coefficient (Wildman–Crippen LogP) is 8.91. The van der Waals surface area contributed by atoms with Crippen LogP contribution in [0.25, 0.3) is 0 Å². The summed E-state index contributed by atoms with van der Waals surface area (Å²) in [4.78, 5) is 44.3. The van der Waals surface area contributed by atoms with Gasteiger partial charge >= 0.3 is 0 Å². The maximum absolute atomic E-state index is 15.2. The molecular weight excluding hydrogens is 552 g/mol. The monoisotopic (exact) mass is 602 g/mol. The van der Waals surface area contributed by atoms with Crippen LogP contribution in [-0.2, 0) is 9.59 Å². The topological polar surface area (TPSA) is 112 Å². The molecule has 0 radical (unpaired) electrons. The maximum Gasteiger partial charge on any atom is 0.200 e. The minimum absolute atomic E-state index is 0.0623. The molecule has 0 amide bonds. The molecule has 238 valence electrons. The predicted molar refractivity (Wildman–Crippen MR) is 176 cm³/mol. The number of aliphatic hydroxyl groups excluding tert-OH is 1. The molecule has 3 rings (SSSR count). The summed E-state index contributed by atoms with van der Waals surface area (Å²) in [5.74, 6) is -3.57. The van der Waals surface area contributed by atoms with Gasteiger partial charge in [0, 0.05) is 5.56 Å². The first-order chi connectivity index (χ1) is 20.3. The van der Waals surface area contributed by atoms with E-state index in [1.54, 1.807) is 0 Å². The van der Waals surface area contributed by atoms with Crippen LogP contribution in [-0.4, -0.2) is 32.7 Å². The third-order valence-corrected chi connectivity index (χ3v) is 10.1. The van der Waals surface area contributed by atoms with E-state index in [-0.39, 0.29) is 42.4 Å². The first-order valence-electron chi connectivity index (χ1n) is 15.5. The molecule has 2 aliphatic rings. The third kappa shape index (κ3) is 6.00. The van der Waals surface area contributed by atoms with Gasteiger partial charge in [0.1, 0.15) is 16.7 Å². The van der Waals surface area contributed by atoms with Crippen LogP contribution in [0.3, 0.4) is 0 Å². The zero-order valence-corrected chi connectivity index (χ0v) is 27.8. The van der Waals surface area contributed by atoms with E-state index in [4.69, 9.17) is 0 Å². The number of ketones is 3. The van der Waals surface area contributed by atoms with E-state index in [0.29, 0.717) is 19.3 Å². The maximum atomic E-state index is 15.2. The average Bonchev–Trinajstić information content (AvgIpc) is 2.91. The lowest BCUT2D eigenvalue weighted by molar-refractivity contribution is -0.172. The standard InChI is InChI=1S/C38H50O6/c1-22(2)11-13-27(25(7)8)20-37-21-28(15-12-23(3)4)36(9,10)38(35(37)44,18-17-24(5)6)34(43)31(33(37)42)32(41)26-14-16-29(39)30(40)19-26/h12,14,16-17,19,27-28,39-40,42H,1,7,11,13,15,18,20-21H2,2-6,8-10H3/t27-,28+,37+,38-/m1/s1. The highest BCUT2D eigenvalue weighted by molar-refractivity contribution is 6.35. The van der Waals surface area contributed by atoms with E-state index >= 15 is 4.79 Å². The second kappa shape index (κ2) is 12.7. The normalized spacial score (nSPS) is 24.9. The fourth-order valence-electron chi connectivity index (χ4n) is 7.20. The van der Waals surface area contributed by atoms with Crippen molar-refractivity contribution in [3.63, 3.8) is 0 Å². The summed E-state index contributed by atoms with van der Waals surface area (Å²) in [5, 5.41) is 32.3. The lowest BCUT2D eigenvalue weighted by Gasteiger charge is -2.60. The van der Waals surface area contributed by atoms with E-state index in [1.165, 1.54) is 12.1 Å². The number of aromatic hydroxyl groups is 2. The van der Waals surface area contributed by atoms with E-state index in [2.05, 4.69) is 19.2 Å². The van der Waals surface area contributed by atoms with Gasteiger partial charge in [-0.1, -0.05) is 54.9 Å². The summed E-state index contributed by atoms with van der Waals surface area (Å²) in [6.45, 7) is 23.9. The van der Waals surface area contributed by atoms with Gasteiger partial charge < -0.3 is 15.3 Å². The summed E-state index contributed by atoms with van der Waals surface area (Å²) in [6.07, 6.45) is 6.57. The number of phenolic OH excluding ortho intramolecular Hbond substituents is 2. The van der Waals surface area contributed by atoms with E-state index in [1.807, 2.05) is 61.5 Å². The van der Waals surface area contributed by atoms with Gasteiger partial charge in [0.25, 0.3) is 0 Å². The Morgan fingerprint density at radius 2 is 1.59 bits per heavy atom. The van der Waals surface area contributed by atoms with Gasteiger partial charge in [0.2, 0.25) is 0 Å². The molecule has 3 N–H and O–H groups in total. The van der Waals surface area contributed by atoms with E-state index in [0.717, 1.165) is 28.4 Å². The molecule has 2 aliphatic carbocycles. The molecule has 1 saturated carbocycles. The van der Waals surface area contributed by atoms with Crippen LogP contribution in [0.4, 0.5) is 0 Å². The number of allylic oxidation sites excluding steroid dienone is 8. The number of hydrogen-bond donors (Lipinski definition) is 3. The highest BCUT2D eigenvalue weighted by atomic mass is 16.3. The van der Waals surface area contributed by atoms with Crippen molar-refractivity contribution in [1.29, 1.82) is 0 Å². The minimum Gasteiger partial charge on any atom is -0.510 e. The van der Waals surface area contributed by atoms with Crippen molar-refractivity contribution < 1.29 is 29.7 Å². The minimum atomic E-state index is -1.62. The first-order valence-corrected chi connectivity index (χ1v) is 15.5. The fourth-order valence-corrected chi connectivity index (χ4v) is 7.20. The number of hydrogen-bond acceptors (Lipinski definition) is 6. The molecule has 0 unspecified atom stereocenters. The van der Waals surface area contributed by atoms with Crippen molar-refractivity contribution in [2.24, 2.45) is 28.1 Å². The van der Waals surface area contributed by atoms with Crippen molar-refractivity contribution >= 4 is 17.3 Å². The quantitative estimate of drug-likeness (QED) is 0.0724. The second-order valence-corrected chi connectivity index (χ2v) is 14.3. The van der Waals surface area contributed by atoms with Crippen molar-refractivity contribution in [2.75, 3.05) is 0 Å². The van der Waals surface area contributed by atoms with Crippen molar-refractivity contribution in [2.45, 2.75) is 93.9 Å². The van der Waals surface area contributed by atoms with Crippen LogP contribution in [0.15, 0.2) is 77.1 Å². The Hall–Kier alpha value is -3.67. The summed E-state index contributed by atoms with van der Waals surface area (Å²) < 4.78 is 0. The molecule has 0 heterocycles. The molecule has 0 aromatic heterocycles. The Kier molecular flexibility index (Phi) is 10.1. The molecule has 6 nitrogen and oxygen atoms in total. The number of benzene rings is 1. The number of fused-ring (bicyclic) bond motifs is 2. The third-order valence-electron chi connectivity index (χ3n) is 10.1. The van der Waals surface area contributed by atoms with Gasteiger partial charge in [0.15, 0.2) is 28.8 Å². The van der Waals surface area contributed by atoms with Gasteiger partial charge in [-0.25, -0.2) is 0 Å². The van der Waals surface area contributed by atoms with Crippen LogP contribution in [0.1, 0.15) is 104 Å². The average molecular weight is 603 g/mol. The van der Waals surface area contributed by atoms with Crippen LogP contribution in [0.2, 0.25) is 0 Å². The lowest BCUT2D eigenvalue weighted by atomic mass is 9.39. The first kappa shape index (κ1) is 34.8. The highest BCUT2D eigenvalue weighted by Crippen LogP contribution is 2.67. The van der Waals surface area contributed by atoms with Crippen molar-refractivity contribution in [1.82, 2.24) is 0 Å². The Morgan fingerprint density at radius 1 is 0.977 bits per heavy atom. The Labute approximate surface area is 263 Å². The van der Waals surface area contributed by atoms with E-state index in [9.17, 15) is 24.9 Å². The fraction of sp³-hybridized carbons (Fsp3) is 0.500. The number of rotatable bonds is 12. The Balaban J connectivity index is 2.44. The lowest BCUT2D eigenvalue weighted by Crippen LogP contribution is -2.67. The molecule has 6 heteroatoms. The number of carbonyl (C=O) groups is 3. The Morgan fingerprint density at radius 3 is 2.11 bits per heavy atom. The zero-order valence-electron chi connectivity index (χ0n) is 27.8. The number of phenols is 2. The molecular formula is C38H50O6. The zero-order chi connectivity index (χ0) is 33.4. The van der Waals surface area contributed by atoms with Crippen LogP contribution in [0.5, 0.6) is 11.5 Å². The molecule has 44 heavy (non-hydrogen) atoms. The molecule has 4 atom stereocenters. The number of Topliss-reactive ketones (excluding diaryl/α,β-unsaturated/α-hetero) is 3. The molecule has 1 fully saturated rings. The van der Waals surface area contributed by atoms with Gasteiger partial charge in [-0.3, -0.25) is 14.4 Å². The summed E-state index contributed by atoms with van der Waals surface area (Å²) in [7, 11) is 0. The Bertz CT molecular complexity index is 1480. The van der Waals surface area contributed by atoms with Gasteiger partial charge in [0.05, 0.1) is 5.41 Å². The van der Waals surface area contributed by atoms with Crippen molar-refractivity contribution in [3.8, 4) is 11.5 Å². The van der Waals surface area contributed by atoms with Crippen LogP contribution in [0, 0.1) is 28.1 Å². The molecule has 1 aromatic carbocycles. The van der Waals surface area contributed by atoms with Crippen molar-refractivity contribution in [3.05, 3.63) is 82.7 Å². The van der Waals surface area contributed by atoms with Crippen LogP contribution < -0.4 is 0 Å². The smallest absolute Gasteiger partial charge is 0.200 e. The second-order valence-electron chi connectivity index (χ2n) is 14.3. The van der Waals surface area contributed by atoms with E-state index < -0.39 is 50.6 Å². The van der Waals surface area contributed by atoms with Gasteiger partial charge in [-0.05, 0) is 116 Å². The van der Waals surface area contributed by atoms with Gasteiger partial charge in [-0.15, -0.1) is 6.58 Å². The summed E-state index contributed by atoms with van der Waals surface area (Å²) in [6, 6.07) is 3.56. The highest BCUT2D eigenvalue weighted by Gasteiger charge is 2.72. The SMILES string of the molecule is C=C(C)CC[C@H](C[C@]12C[C@H](CC=C(C)C)C(C)(C)[C@](CC=C(C)C)(C(=O)C(C(=O)c3ccc(O)c(O)c3)=C1O)C2=O)C(=C)C. The molecule has 1 aromatic rings. The number of aliphatic hydroxyl groups is 1. The molecule has 2 bridgehead atoms. The largest absolute Gasteiger partial charge is 0.510 e. The molecule has 0 saturated heterocycles. The molecule has 0 aliphatic heterocycles. The summed E-state index contributed by atoms with van der Waals surface area (Å²) >= 11 is 0. The molecule has 0 spiro atoms. The summed E-state index contributed by atoms with van der Waals surface area (Å²) in [5.41, 5.74) is -0.564.